The van der Waals surface area contributed by atoms with Crippen LogP contribution in [0.15, 0.2) is 45.5 Å². The Balaban J connectivity index is 1.90. The minimum Gasteiger partial charge on any atom is -0.469 e. The summed E-state index contributed by atoms with van der Waals surface area (Å²) in [7, 11) is 0. The van der Waals surface area contributed by atoms with E-state index in [0.717, 1.165) is 23.1 Å². The highest BCUT2D eigenvalue weighted by Gasteiger charge is 2.10. The first kappa shape index (κ1) is 13.3. The second kappa shape index (κ2) is 6.16. The predicted octanol–water partition coefficient (Wildman–Crippen LogP) is 3.68. The lowest BCUT2D eigenvalue weighted by Crippen LogP contribution is -2.24. The molecule has 2 nitrogen and oxygen atoms in total. The van der Waals surface area contributed by atoms with Crippen LogP contribution in [0.4, 0.5) is 4.39 Å². The zero-order valence-corrected chi connectivity index (χ0v) is 11.5. The van der Waals surface area contributed by atoms with Gasteiger partial charge in [0.25, 0.3) is 0 Å². The Hall–Kier alpha value is -1.13. The van der Waals surface area contributed by atoms with Crippen molar-refractivity contribution in [3.05, 3.63) is 58.2 Å². The van der Waals surface area contributed by atoms with Crippen molar-refractivity contribution in [2.75, 3.05) is 0 Å². The van der Waals surface area contributed by atoms with E-state index in [1.165, 1.54) is 6.07 Å². The average Bonchev–Trinajstić information content (AvgIpc) is 2.84. The average molecular weight is 312 g/mol. The summed E-state index contributed by atoms with van der Waals surface area (Å²) in [6.45, 7) is 0. The van der Waals surface area contributed by atoms with Crippen LogP contribution in [0.5, 0.6) is 0 Å². The molecule has 1 unspecified atom stereocenters. The quantitative estimate of drug-likeness (QED) is 0.914. The molecule has 4 heteroatoms. The molecule has 1 aromatic carbocycles. The van der Waals surface area contributed by atoms with Gasteiger partial charge in [0.05, 0.1) is 6.26 Å². The SMILES string of the molecule is NC(CCc1ccco1)Cc1cc(Br)ccc1F. The molecule has 1 aromatic heterocycles. The normalized spacial score (nSPS) is 12.6. The number of furan rings is 1. The van der Waals surface area contributed by atoms with Crippen LogP contribution in [0.1, 0.15) is 17.7 Å². The summed E-state index contributed by atoms with van der Waals surface area (Å²) < 4.78 is 19.7. The Morgan fingerprint density at radius 2 is 2.17 bits per heavy atom. The molecule has 0 radical (unpaired) electrons. The van der Waals surface area contributed by atoms with Crippen molar-refractivity contribution in [2.24, 2.45) is 5.73 Å². The van der Waals surface area contributed by atoms with Gasteiger partial charge in [0.1, 0.15) is 11.6 Å². The van der Waals surface area contributed by atoms with Crippen LogP contribution in [-0.2, 0) is 12.8 Å². The van der Waals surface area contributed by atoms with E-state index < -0.39 is 0 Å². The number of halogens is 2. The summed E-state index contributed by atoms with van der Waals surface area (Å²) in [5.74, 6) is 0.715. The van der Waals surface area contributed by atoms with Gasteiger partial charge in [-0.15, -0.1) is 0 Å². The molecule has 0 fully saturated rings. The molecule has 0 spiro atoms. The van der Waals surface area contributed by atoms with Crippen molar-refractivity contribution >= 4 is 15.9 Å². The molecular weight excluding hydrogens is 297 g/mol. The molecule has 2 aromatic rings. The van der Waals surface area contributed by atoms with Crippen molar-refractivity contribution < 1.29 is 8.81 Å². The molecule has 0 bridgehead atoms. The summed E-state index contributed by atoms with van der Waals surface area (Å²) >= 11 is 3.33. The number of hydrogen-bond acceptors (Lipinski definition) is 2. The molecule has 0 aliphatic heterocycles. The second-order valence-electron chi connectivity index (χ2n) is 4.32. The van der Waals surface area contributed by atoms with Crippen molar-refractivity contribution in [2.45, 2.75) is 25.3 Å². The zero-order valence-electron chi connectivity index (χ0n) is 9.90. The van der Waals surface area contributed by atoms with Gasteiger partial charge in [0, 0.05) is 16.9 Å². The van der Waals surface area contributed by atoms with Gasteiger partial charge >= 0.3 is 0 Å². The van der Waals surface area contributed by atoms with Gasteiger partial charge in [-0.25, -0.2) is 4.39 Å². The smallest absolute Gasteiger partial charge is 0.126 e. The van der Waals surface area contributed by atoms with E-state index in [9.17, 15) is 4.39 Å². The largest absolute Gasteiger partial charge is 0.469 e. The molecule has 0 amide bonds. The topological polar surface area (TPSA) is 39.2 Å². The fourth-order valence-corrected chi connectivity index (χ4v) is 2.28. The minimum atomic E-state index is -0.202. The molecule has 0 aliphatic carbocycles. The van der Waals surface area contributed by atoms with Gasteiger partial charge in [-0.05, 0) is 48.7 Å². The lowest BCUT2D eigenvalue weighted by Gasteiger charge is -2.11. The third kappa shape index (κ3) is 3.68. The van der Waals surface area contributed by atoms with Crippen molar-refractivity contribution in [3.63, 3.8) is 0 Å². The number of nitrogens with two attached hydrogens (primary N) is 1. The Morgan fingerprint density at radius 1 is 1.33 bits per heavy atom. The van der Waals surface area contributed by atoms with Gasteiger partial charge in [0.2, 0.25) is 0 Å². The molecule has 18 heavy (non-hydrogen) atoms. The molecule has 2 N–H and O–H groups in total. The Bertz CT molecular complexity index is 499. The number of aryl methyl sites for hydroxylation is 1. The highest BCUT2D eigenvalue weighted by Crippen LogP contribution is 2.17. The fourth-order valence-electron chi connectivity index (χ4n) is 1.87. The van der Waals surface area contributed by atoms with Gasteiger partial charge < -0.3 is 10.2 Å². The van der Waals surface area contributed by atoms with Gasteiger partial charge in [0.15, 0.2) is 0 Å². The molecule has 1 heterocycles. The van der Waals surface area contributed by atoms with Crippen LogP contribution in [0.2, 0.25) is 0 Å². The monoisotopic (exact) mass is 311 g/mol. The molecule has 2 rings (SSSR count). The lowest BCUT2D eigenvalue weighted by molar-refractivity contribution is 0.481. The number of hydrogen-bond donors (Lipinski definition) is 1. The van der Waals surface area contributed by atoms with Gasteiger partial charge in [-0.2, -0.15) is 0 Å². The fraction of sp³-hybridized carbons (Fsp3) is 0.286. The summed E-state index contributed by atoms with van der Waals surface area (Å²) in [5.41, 5.74) is 6.67. The van der Waals surface area contributed by atoms with Gasteiger partial charge in [-0.1, -0.05) is 15.9 Å². The molecule has 0 saturated heterocycles. The lowest BCUT2D eigenvalue weighted by atomic mass is 10.0. The summed E-state index contributed by atoms with van der Waals surface area (Å²) in [6.07, 6.45) is 3.74. The summed E-state index contributed by atoms with van der Waals surface area (Å²) in [4.78, 5) is 0. The highest BCUT2D eigenvalue weighted by molar-refractivity contribution is 9.10. The van der Waals surface area contributed by atoms with E-state index in [4.69, 9.17) is 10.2 Å². The third-order valence-electron chi connectivity index (χ3n) is 2.83. The molecule has 0 aliphatic rings. The summed E-state index contributed by atoms with van der Waals surface area (Å²) in [5, 5.41) is 0. The molecule has 0 saturated carbocycles. The Labute approximate surface area is 114 Å². The van der Waals surface area contributed by atoms with E-state index >= 15 is 0 Å². The van der Waals surface area contributed by atoms with Crippen LogP contribution in [0.3, 0.4) is 0 Å². The zero-order chi connectivity index (χ0) is 13.0. The van der Waals surface area contributed by atoms with E-state index in [1.807, 2.05) is 12.1 Å². The van der Waals surface area contributed by atoms with Crippen molar-refractivity contribution in [3.8, 4) is 0 Å². The van der Waals surface area contributed by atoms with Gasteiger partial charge in [-0.3, -0.25) is 0 Å². The first-order valence-corrected chi connectivity index (χ1v) is 6.66. The van der Waals surface area contributed by atoms with E-state index in [1.54, 1.807) is 18.4 Å². The highest BCUT2D eigenvalue weighted by atomic mass is 79.9. The van der Waals surface area contributed by atoms with Crippen LogP contribution < -0.4 is 5.73 Å². The molecule has 96 valence electrons. The first-order valence-electron chi connectivity index (χ1n) is 5.87. The first-order chi connectivity index (χ1) is 8.65. The van der Waals surface area contributed by atoms with Crippen LogP contribution >= 0.6 is 15.9 Å². The maximum atomic E-state index is 13.5. The predicted molar refractivity (Wildman–Crippen MR) is 72.8 cm³/mol. The number of rotatable bonds is 5. The Kier molecular flexibility index (Phi) is 4.55. The third-order valence-corrected chi connectivity index (χ3v) is 3.32. The Morgan fingerprint density at radius 3 is 2.89 bits per heavy atom. The second-order valence-corrected chi connectivity index (χ2v) is 5.23. The van der Waals surface area contributed by atoms with Crippen LogP contribution in [0, 0.1) is 5.82 Å². The van der Waals surface area contributed by atoms with E-state index in [-0.39, 0.29) is 11.9 Å². The number of benzene rings is 1. The van der Waals surface area contributed by atoms with Crippen LogP contribution in [-0.4, -0.2) is 6.04 Å². The maximum Gasteiger partial charge on any atom is 0.126 e. The summed E-state index contributed by atoms with van der Waals surface area (Å²) in [6, 6.07) is 8.63. The van der Waals surface area contributed by atoms with Crippen molar-refractivity contribution in [1.82, 2.24) is 0 Å². The van der Waals surface area contributed by atoms with Crippen LogP contribution in [0.25, 0.3) is 0 Å². The molecular formula is C14H15BrFNO. The van der Waals surface area contributed by atoms with E-state index in [2.05, 4.69) is 15.9 Å². The molecule has 1 atom stereocenters. The maximum absolute atomic E-state index is 13.5. The minimum absolute atomic E-state index is 0.0705. The van der Waals surface area contributed by atoms with Crippen molar-refractivity contribution in [1.29, 1.82) is 0 Å². The standard InChI is InChI=1S/C14H15BrFNO/c15-11-3-6-14(16)10(8-11)9-12(17)4-5-13-2-1-7-18-13/h1-3,6-8,12H,4-5,9,17H2. The van der Waals surface area contributed by atoms with E-state index in [0.29, 0.717) is 12.0 Å².